The van der Waals surface area contributed by atoms with Crippen LogP contribution < -0.4 is 5.56 Å². The van der Waals surface area contributed by atoms with Crippen molar-refractivity contribution in [3.05, 3.63) is 51.8 Å². The van der Waals surface area contributed by atoms with Crippen LogP contribution in [0.2, 0.25) is 0 Å². The fraction of sp³-hybridized carbons (Fsp3) is 0.100. The molecule has 0 bridgehead atoms. The largest absolute Gasteiger partial charge is 0.275 e. The number of thiophene rings is 1. The van der Waals surface area contributed by atoms with Crippen LogP contribution in [0.4, 0.5) is 0 Å². The van der Waals surface area contributed by atoms with Gasteiger partial charge in [-0.2, -0.15) is 0 Å². The van der Waals surface area contributed by atoms with Crippen molar-refractivity contribution >= 4 is 11.3 Å². The number of hydrogen-bond donors (Lipinski definition) is 0. The van der Waals surface area contributed by atoms with Gasteiger partial charge in [-0.25, -0.2) is 0 Å². The third-order valence-corrected chi connectivity index (χ3v) is 2.75. The second-order valence-corrected chi connectivity index (χ2v) is 3.74. The maximum absolute atomic E-state index is 11.6. The lowest BCUT2D eigenvalue weighted by atomic mass is 10.3. The molecule has 0 unspecified atom stereocenters. The highest BCUT2D eigenvalue weighted by atomic mass is 32.1. The molecule has 0 aliphatic rings. The first-order chi connectivity index (χ1) is 6.29. The van der Waals surface area contributed by atoms with Crippen molar-refractivity contribution in [1.82, 2.24) is 4.57 Å². The normalized spacial score (nSPS) is 10.2. The molecule has 0 aromatic carbocycles. The van der Waals surface area contributed by atoms with Gasteiger partial charge in [0.2, 0.25) is 0 Å². The first kappa shape index (κ1) is 8.26. The van der Waals surface area contributed by atoms with Crippen molar-refractivity contribution in [1.29, 1.82) is 0 Å². The van der Waals surface area contributed by atoms with Gasteiger partial charge in [0, 0.05) is 11.8 Å². The predicted molar refractivity (Wildman–Crippen MR) is 54.7 cm³/mol. The molecule has 66 valence electrons. The number of rotatable bonds is 1. The first-order valence-electron chi connectivity index (χ1n) is 4.01. The number of pyridine rings is 1. The highest BCUT2D eigenvalue weighted by molar-refractivity contribution is 7.12. The first-order valence-corrected chi connectivity index (χ1v) is 4.89. The number of aromatic nitrogens is 1. The molecule has 2 nitrogen and oxygen atoms in total. The van der Waals surface area contributed by atoms with Gasteiger partial charge in [-0.3, -0.25) is 9.36 Å². The zero-order valence-electron chi connectivity index (χ0n) is 7.23. The van der Waals surface area contributed by atoms with E-state index >= 15 is 0 Å². The van der Waals surface area contributed by atoms with Crippen LogP contribution in [-0.4, -0.2) is 4.57 Å². The molecular weight excluding hydrogens is 182 g/mol. The molecule has 2 heterocycles. The van der Waals surface area contributed by atoms with E-state index in [-0.39, 0.29) is 5.56 Å². The summed E-state index contributed by atoms with van der Waals surface area (Å²) in [6, 6.07) is 7.59. The second-order valence-electron chi connectivity index (χ2n) is 2.82. The van der Waals surface area contributed by atoms with E-state index in [1.165, 1.54) is 0 Å². The molecule has 0 atom stereocenters. The minimum atomic E-state index is 0.0601. The van der Waals surface area contributed by atoms with Crippen molar-refractivity contribution in [2.24, 2.45) is 0 Å². The molecule has 0 amide bonds. The van der Waals surface area contributed by atoms with Crippen LogP contribution in [0.15, 0.2) is 40.6 Å². The van der Waals surface area contributed by atoms with E-state index in [2.05, 4.69) is 0 Å². The number of hydrogen-bond acceptors (Lipinski definition) is 2. The van der Waals surface area contributed by atoms with Gasteiger partial charge in [0.15, 0.2) is 0 Å². The van der Waals surface area contributed by atoms with Crippen molar-refractivity contribution in [2.45, 2.75) is 6.92 Å². The van der Waals surface area contributed by atoms with Gasteiger partial charge in [0.25, 0.3) is 5.56 Å². The van der Waals surface area contributed by atoms with E-state index in [4.69, 9.17) is 0 Å². The SMILES string of the molecule is Cc1cccn(-c2cccs2)c1=O. The molecule has 2 rings (SSSR count). The Morgan fingerprint density at radius 3 is 2.85 bits per heavy atom. The molecule has 2 aromatic rings. The molecule has 0 radical (unpaired) electrons. The van der Waals surface area contributed by atoms with Crippen LogP contribution in [-0.2, 0) is 0 Å². The van der Waals surface area contributed by atoms with Crippen LogP contribution in [0.5, 0.6) is 0 Å². The van der Waals surface area contributed by atoms with E-state index in [0.717, 1.165) is 10.6 Å². The van der Waals surface area contributed by atoms with E-state index in [9.17, 15) is 4.79 Å². The van der Waals surface area contributed by atoms with Crippen molar-refractivity contribution < 1.29 is 0 Å². The average molecular weight is 191 g/mol. The van der Waals surface area contributed by atoms with Crippen LogP contribution in [0.1, 0.15) is 5.56 Å². The Morgan fingerprint density at radius 1 is 1.31 bits per heavy atom. The Hall–Kier alpha value is -1.35. The van der Waals surface area contributed by atoms with E-state index in [1.807, 2.05) is 36.6 Å². The van der Waals surface area contributed by atoms with Gasteiger partial charge >= 0.3 is 0 Å². The van der Waals surface area contributed by atoms with E-state index in [1.54, 1.807) is 22.1 Å². The summed E-state index contributed by atoms with van der Waals surface area (Å²) in [7, 11) is 0. The van der Waals surface area contributed by atoms with E-state index in [0.29, 0.717) is 0 Å². The fourth-order valence-electron chi connectivity index (χ4n) is 1.18. The summed E-state index contributed by atoms with van der Waals surface area (Å²) in [5.74, 6) is 0. The summed E-state index contributed by atoms with van der Waals surface area (Å²) in [4.78, 5) is 11.6. The molecule has 0 N–H and O–H groups in total. The van der Waals surface area contributed by atoms with Crippen LogP contribution >= 0.6 is 11.3 Å². The number of nitrogens with zero attached hydrogens (tertiary/aromatic N) is 1. The smallest absolute Gasteiger partial charge is 0.258 e. The maximum Gasteiger partial charge on any atom is 0.258 e. The molecule has 3 heteroatoms. The van der Waals surface area contributed by atoms with Gasteiger partial charge in [0.05, 0.1) is 0 Å². The molecule has 2 aromatic heterocycles. The standard InChI is InChI=1S/C10H9NOS/c1-8-4-2-6-11(10(8)12)9-5-3-7-13-9/h2-7H,1H3. The van der Waals surface area contributed by atoms with Crippen molar-refractivity contribution in [3.63, 3.8) is 0 Å². The lowest BCUT2D eigenvalue weighted by molar-refractivity contribution is 0.991. The summed E-state index contributed by atoms with van der Waals surface area (Å²) in [5, 5.41) is 2.93. The van der Waals surface area contributed by atoms with Gasteiger partial charge in [-0.1, -0.05) is 6.07 Å². The fourth-order valence-corrected chi connectivity index (χ4v) is 1.89. The Kier molecular flexibility index (Phi) is 2.02. The molecule has 0 spiro atoms. The highest BCUT2D eigenvalue weighted by Crippen LogP contribution is 2.12. The second kappa shape index (κ2) is 3.18. The summed E-state index contributed by atoms with van der Waals surface area (Å²) in [6.45, 7) is 1.83. The van der Waals surface area contributed by atoms with Gasteiger partial charge in [-0.15, -0.1) is 11.3 Å². The Balaban J connectivity index is 2.66. The van der Waals surface area contributed by atoms with Crippen molar-refractivity contribution in [3.8, 4) is 5.00 Å². The van der Waals surface area contributed by atoms with Crippen LogP contribution in [0.3, 0.4) is 0 Å². The molecule has 0 saturated carbocycles. The average Bonchev–Trinajstić information content (AvgIpc) is 2.62. The molecule has 0 fully saturated rings. The predicted octanol–water partition coefficient (Wildman–Crippen LogP) is 2.21. The van der Waals surface area contributed by atoms with Crippen LogP contribution in [0, 0.1) is 6.92 Å². The third kappa shape index (κ3) is 1.42. The third-order valence-electron chi connectivity index (χ3n) is 1.88. The summed E-state index contributed by atoms with van der Waals surface area (Å²) in [5.41, 5.74) is 0.834. The Labute approximate surface area is 80.1 Å². The summed E-state index contributed by atoms with van der Waals surface area (Å²) < 4.78 is 1.67. The van der Waals surface area contributed by atoms with Gasteiger partial charge in [0.1, 0.15) is 5.00 Å². The topological polar surface area (TPSA) is 22.0 Å². The lowest BCUT2D eigenvalue weighted by Gasteiger charge is -2.01. The molecule has 0 saturated heterocycles. The quantitative estimate of drug-likeness (QED) is 0.677. The summed E-state index contributed by atoms with van der Waals surface area (Å²) >= 11 is 1.56. The molecule has 0 aliphatic heterocycles. The summed E-state index contributed by atoms with van der Waals surface area (Å²) in [6.07, 6.45) is 1.79. The highest BCUT2D eigenvalue weighted by Gasteiger charge is 2.00. The molecular formula is C10H9NOS. The Morgan fingerprint density at radius 2 is 2.15 bits per heavy atom. The van der Waals surface area contributed by atoms with Gasteiger partial charge < -0.3 is 0 Å². The van der Waals surface area contributed by atoms with Gasteiger partial charge in [-0.05, 0) is 30.5 Å². The number of aryl methyl sites for hydroxylation is 1. The monoisotopic (exact) mass is 191 g/mol. The molecule has 13 heavy (non-hydrogen) atoms. The zero-order valence-corrected chi connectivity index (χ0v) is 8.04. The maximum atomic E-state index is 11.6. The molecule has 0 aliphatic carbocycles. The van der Waals surface area contributed by atoms with Crippen LogP contribution in [0.25, 0.3) is 5.00 Å². The van der Waals surface area contributed by atoms with E-state index < -0.39 is 0 Å². The lowest BCUT2D eigenvalue weighted by Crippen LogP contribution is -2.18. The minimum absolute atomic E-state index is 0.0601. The zero-order chi connectivity index (χ0) is 9.26. The Bertz CT molecular complexity index is 456. The minimum Gasteiger partial charge on any atom is -0.275 e. The van der Waals surface area contributed by atoms with Crippen molar-refractivity contribution in [2.75, 3.05) is 0 Å².